The third-order valence-electron chi connectivity index (χ3n) is 8.70. The highest BCUT2D eigenvalue weighted by Crippen LogP contribution is 2.42. The molecule has 1 aliphatic carbocycles. The Bertz CT molecular complexity index is 1510. The molecule has 2 heterocycles. The van der Waals surface area contributed by atoms with Gasteiger partial charge >= 0.3 is 6.18 Å². The van der Waals surface area contributed by atoms with Crippen molar-refractivity contribution in [3.63, 3.8) is 0 Å². The van der Waals surface area contributed by atoms with E-state index in [1.54, 1.807) is 12.0 Å². The number of benzene rings is 3. The molecule has 3 aromatic carbocycles. The molecule has 1 saturated carbocycles. The minimum Gasteiger partial charge on any atom is -0.482 e. The maximum atomic E-state index is 14.4. The van der Waals surface area contributed by atoms with Gasteiger partial charge in [-0.05, 0) is 85.2 Å². The summed E-state index contributed by atoms with van der Waals surface area (Å²) in [6.07, 6.45) is -1.14. The largest absolute Gasteiger partial charge is 0.482 e. The van der Waals surface area contributed by atoms with Crippen LogP contribution in [0, 0.1) is 5.92 Å². The number of ether oxygens (including phenoxy) is 2. The molecule has 3 aromatic rings. The van der Waals surface area contributed by atoms with Crippen molar-refractivity contribution in [2.75, 3.05) is 49.8 Å². The Morgan fingerprint density at radius 1 is 1.05 bits per heavy atom. The number of carbonyl (C=O) groups is 2. The SMILES string of the molecule is COCCCN1C(=O)COc2ccc(N(C(=O)[C@H]3CNCC[C@@H]3c3cccc(-c4ccc(C(F)(F)F)cc4)c3)C3CC3)cc21. The summed E-state index contributed by atoms with van der Waals surface area (Å²) >= 11 is 0. The number of amides is 2. The number of fused-ring (bicyclic) bond motifs is 1. The van der Waals surface area contributed by atoms with Gasteiger partial charge in [-0.2, -0.15) is 13.2 Å². The lowest BCUT2D eigenvalue weighted by Crippen LogP contribution is -2.47. The smallest absolute Gasteiger partial charge is 0.416 e. The summed E-state index contributed by atoms with van der Waals surface area (Å²) in [5, 5.41) is 3.40. The summed E-state index contributed by atoms with van der Waals surface area (Å²) in [7, 11) is 1.63. The van der Waals surface area contributed by atoms with Crippen LogP contribution in [-0.4, -0.2) is 57.8 Å². The van der Waals surface area contributed by atoms with Gasteiger partial charge in [0.1, 0.15) is 5.75 Å². The number of nitrogens with zero attached hydrogens (tertiary/aromatic N) is 2. The summed E-state index contributed by atoms with van der Waals surface area (Å²) in [6.45, 7) is 2.28. The number of hydrogen-bond donors (Lipinski definition) is 1. The van der Waals surface area contributed by atoms with Crippen molar-refractivity contribution in [2.45, 2.75) is 43.8 Å². The predicted octanol–water partition coefficient (Wildman–Crippen LogP) is 6.02. The lowest BCUT2D eigenvalue weighted by atomic mass is 9.79. The van der Waals surface area contributed by atoms with Gasteiger partial charge in [0.25, 0.3) is 5.91 Å². The van der Waals surface area contributed by atoms with Gasteiger partial charge in [-0.25, -0.2) is 0 Å². The van der Waals surface area contributed by atoms with E-state index in [2.05, 4.69) is 5.32 Å². The molecule has 1 N–H and O–H groups in total. The van der Waals surface area contributed by atoms with Crippen LogP contribution in [0.4, 0.5) is 24.5 Å². The summed E-state index contributed by atoms with van der Waals surface area (Å²) in [5.74, 6) is 0.121. The molecule has 0 spiro atoms. The third kappa shape index (κ3) is 6.32. The number of piperidine rings is 1. The molecule has 3 aliphatic rings. The molecule has 232 valence electrons. The Balaban J connectivity index is 1.28. The highest BCUT2D eigenvalue weighted by atomic mass is 19.4. The maximum Gasteiger partial charge on any atom is 0.416 e. The van der Waals surface area contributed by atoms with Gasteiger partial charge in [0.15, 0.2) is 6.61 Å². The van der Waals surface area contributed by atoms with Crippen molar-refractivity contribution < 1.29 is 32.2 Å². The van der Waals surface area contributed by atoms with Crippen molar-refractivity contribution in [3.05, 3.63) is 77.9 Å². The molecule has 0 bridgehead atoms. The fourth-order valence-corrected chi connectivity index (χ4v) is 6.30. The van der Waals surface area contributed by atoms with Crippen LogP contribution < -0.4 is 19.9 Å². The number of methoxy groups -OCH3 is 1. The van der Waals surface area contributed by atoms with E-state index < -0.39 is 11.7 Å². The van der Waals surface area contributed by atoms with Crippen LogP contribution in [0.25, 0.3) is 11.1 Å². The molecule has 7 nitrogen and oxygen atoms in total. The number of carbonyl (C=O) groups excluding carboxylic acids is 2. The second-order valence-electron chi connectivity index (χ2n) is 11.7. The fraction of sp³-hybridized carbons (Fsp3) is 0.412. The first-order valence-electron chi connectivity index (χ1n) is 15.1. The molecule has 0 radical (unpaired) electrons. The molecule has 2 fully saturated rings. The number of hydrogen-bond acceptors (Lipinski definition) is 5. The quantitative estimate of drug-likeness (QED) is 0.301. The van der Waals surface area contributed by atoms with Crippen LogP contribution in [0.15, 0.2) is 66.7 Å². The normalized spacial score (nSPS) is 20.2. The Labute approximate surface area is 254 Å². The van der Waals surface area contributed by atoms with Gasteiger partial charge in [-0.3, -0.25) is 9.59 Å². The van der Waals surface area contributed by atoms with Gasteiger partial charge in [0, 0.05) is 38.5 Å². The van der Waals surface area contributed by atoms with E-state index in [1.165, 1.54) is 12.1 Å². The van der Waals surface area contributed by atoms with Crippen LogP contribution in [-0.2, 0) is 20.5 Å². The molecule has 44 heavy (non-hydrogen) atoms. The summed E-state index contributed by atoms with van der Waals surface area (Å²) < 4.78 is 50.2. The first-order chi connectivity index (χ1) is 21.2. The van der Waals surface area contributed by atoms with Crippen molar-refractivity contribution in [2.24, 2.45) is 5.92 Å². The van der Waals surface area contributed by atoms with Crippen LogP contribution in [0.1, 0.15) is 42.7 Å². The molecule has 0 aromatic heterocycles. The van der Waals surface area contributed by atoms with E-state index in [9.17, 15) is 22.8 Å². The van der Waals surface area contributed by atoms with E-state index in [0.29, 0.717) is 43.1 Å². The minimum absolute atomic E-state index is 0.0223. The second-order valence-corrected chi connectivity index (χ2v) is 11.7. The zero-order chi connectivity index (χ0) is 30.8. The molecular weight excluding hydrogens is 571 g/mol. The number of alkyl halides is 3. The number of rotatable bonds is 9. The van der Waals surface area contributed by atoms with Gasteiger partial charge in [0.05, 0.1) is 17.2 Å². The Kier molecular flexibility index (Phi) is 8.64. The number of anilines is 2. The van der Waals surface area contributed by atoms with Crippen LogP contribution in [0.5, 0.6) is 5.75 Å². The molecule has 2 aliphatic heterocycles. The average molecular weight is 608 g/mol. The van der Waals surface area contributed by atoms with Crippen molar-refractivity contribution in [1.82, 2.24) is 5.32 Å². The van der Waals surface area contributed by atoms with E-state index >= 15 is 0 Å². The Morgan fingerprint density at radius 3 is 2.57 bits per heavy atom. The van der Waals surface area contributed by atoms with Gasteiger partial charge in [0.2, 0.25) is 5.91 Å². The fourth-order valence-electron chi connectivity index (χ4n) is 6.30. The Hall–Kier alpha value is -3.89. The molecule has 2 atom stereocenters. The standard InChI is InChI=1S/C34H36F3N3O4/c1-43-17-3-16-39-30-19-27(12-13-31(30)44-21-32(39)41)40(26-10-11-26)33(42)29-20-38-15-14-28(29)24-5-2-4-23(18-24)22-6-8-25(9-7-22)34(35,36)37/h2,4-9,12-13,18-19,26,28-29,38H,3,10-11,14-17,20-21H2,1H3/t28-,29+/m1/s1. The monoisotopic (exact) mass is 607 g/mol. The molecule has 0 unspecified atom stereocenters. The molecule has 10 heteroatoms. The van der Waals surface area contributed by atoms with Crippen molar-refractivity contribution in [3.8, 4) is 16.9 Å². The lowest BCUT2D eigenvalue weighted by molar-refractivity contribution is -0.137. The maximum absolute atomic E-state index is 14.4. The summed E-state index contributed by atoms with van der Waals surface area (Å²) in [4.78, 5) is 30.8. The highest BCUT2D eigenvalue weighted by molar-refractivity contribution is 6.01. The van der Waals surface area contributed by atoms with Crippen LogP contribution in [0.3, 0.4) is 0 Å². The van der Waals surface area contributed by atoms with E-state index in [-0.39, 0.29) is 36.3 Å². The van der Waals surface area contributed by atoms with Gasteiger partial charge in [-0.1, -0.05) is 36.4 Å². The summed E-state index contributed by atoms with van der Waals surface area (Å²) in [5.41, 5.74) is 3.22. The number of halogens is 3. The molecular formula is C34H36F3N3O4. The zero-order valence-corrected chi connectivity index (χ0v) is 24.6. The molecule has 1 saturated heterocycles. The zero-order valence-electron chi connectivity index (χ0n) is 24.6. The average Bonchev–Trinajstić information content (AvgIpc) is 3.87. The number of nitrogens with one attached hydrogen (secondary N) is 1. The van der Waals surface area contributed by atoms with Gasteiger partial charge in [-0.15, -0.1) is 0 Å². The highest BCUT2D eigenvalue weighted by Gasteiger charge is 2.41. The van der Waals surface area contributed by atoms with Crippen LogP contribution >= 0.6 is 0 Å². The van der Waals surface area contributed by atoms with E-state index in [1.807, 2.05) is 47.4 Å². The topological polar surface area (TPSA) is 71.1 Å². The Morgan fingerprint density at radius 2 is 1.84 bits per heavy atom. The first kappa shape index (κ1) is 30.1. The van der Waals surface area contributed by atoms with Gasteiger partial charge < -0.3 is 24.6 Å². The van der Waals surface area contributed by atoms with Crippen LogP contribution in [0.2, 0.25) is 0 Å². The molecule has 2 amide bonds. The lowest BCUT2D eigenvalue weighted by Gasteiger charge is -2.36. The van der Waals surface area contributed by atoms with E-state index in [4.69, 9.17) is 9.47 Å². The summed E-state index contributed by atoms with van der Waals surface area (Å²) in [6, 6.07) is 18.7. The van der Waals surface area contributed by atoms with Crippen molar-refractivity contribution >= 4 is 23.2 Å². The minimum atomic E-state index is -4.39. The second kappa shape index (κ2) is 12.6. The van der Waals surface area contributed by atoms with E-state index in [0.717, 1.165) is 54.8 Å². The first-order valence-corrected chi connectivity index (χ1v) is 15.1. The molecule has 6 rings (SSSR count). The predicted molar refractivity (Wildman–Crippen MR) is 162 cm³/mol. The van der Waals surface area contributed by atoms with Crippen molar-refractivity contribution in [1.29, 1.82) is 0 Å². The third-order valence-corrected chi connectivity index (χ3v) is 8.70.